The highest BCUT2D eigenvalue weighted by Crippen LogP contribution is 2.33. The normalized spacial score (nSPS) is 17.6. The van der Waals surface area contributed by atoms with E-state index in [0.29, 0.717) is 6.54 Å². The number of carbonyl (C=O) groups excluding carboxylic acids is 1. The highest BCUT2D eigenvalue weighted by atomic mass is 32.1. The van der Waals surface area contributed by atoms with Crippen LogP contribution in [0.4, 0.5) is 4.79 Å². The van der Waals surface area contributed by atoms with E-state index in [9.17, 15) is 9.59 Å². The number of amides is 2. The van der Waals surface area contributed by atoms with Crippen LogP contribution in [-0.4, -0.2) is 35.1 Å². The van der Waals surface area contributed by atoms with Crippen LogP contribution in [0.3, 0.4) is 0 Å². The average Bonchev–Trinajstić information content (AvgIpc) is 2.84. The second kappa shape index (κ2) is 6.06. The zero-order valence-electron chi connectivity index (χ0n) is 10.9. The number of aliphatic carboxylic acids is 1. The topological polar surface area (TPSA) is 69.6 Å². The lowest BCUT2D eigenvalue weighted by Gasteiger charge is -2.27. The highest BCUT2D eigenvalue weighted by molar-refractivity contribution is 7.10. The van der Waals surface area contributed by atoms with Crippen LogP contribution in [0.15, 0.2) is 11.4 Å². The summed E-state index contributed by atoms with van der Waals surface area (Å²) in [6, 6.07) is 1.77. The summed E-state index contributed by atoms with van der Waals surface area (Å²) in [4.78, 5) is 25.4. The van der Waals surface area contributed by atoms with Gasteiger partial charge in [0.05, 0.1) is 6.04 Å². The first-order chi connectivity index (χ1) is 9.11. The number of nitrogens with one attached hydrogen (secondary N) is 1. The zero-order chi connectivity index (χ0) is 13.8. The Balaban J connectivity index is 2.02. The molecule has 104 valence electrons. The van der Waals surface area contributed by atoms with E-state index in [-0.39, 0.29) is 18.6 Å². The minimum atomic E-state index is -0.989. The molecule has 0 aliphatic heterocycles. The lowest BCUT2D eigenvalue weighted by Crippen LogP contribution is -2.44. The van der Waals surface area contributed by atoms with Crippen LogP contribution in [0, 0.1) is 0 Å². The number of thiophene rings is 1. The van der Waals surface area contributed by atoms with Gasteiger partial charge in [0.15, 0.2) is 0 Å². The molecular formula is C13H18N2O3S. The molecule has 0 aromatic carbocycles. The molecule has 0 spiro atoms. The van der Waals surface area contributed by atoms with Crippen molar-refractivity contribution in [2.45, 2.75) is 32.2 Å². The van der Waals surface area contributed by atoms with E-state index in [1.54, 1.807) is 18.3 Å². The van der Waals surface area contributed by atoms with E-state index in [1.165, 1.54) is 15.3 Å². The molecule has 5 nitrogen and oxygen atoms in total. The maximum atomic E-state index is 12.1. The van der Waals surface area contributed by atoms with Gasteiger partial charge in [-0.1, -0.05) is 0 Å². The minimum Gasteiger partial charge on any atom is -0.480 e. The molecule has 0 bridgehead atoms. The number of rotatable bonds is 4. The second-order valence-electron chi connectivity index (χ2n) is 4.60. The standard InChI is InChI=1S/C13H18N2O3S/c1-2-15(8-12(16)17)13(18)14-10-4-3-5-11-9(10)6-7-19-11/h6-7,10H,2-5,8H2,1H3,(H,14,18)(H,16,17). The third-order valence-electron chi connectivity index (χ3n) is 3.34. The Kier molecular flexibility index (Phi) is 4.42. The summed E-state index contributed by atoms with van der Waals surface area (Å²) >= 11 is 1.72. The molecule has 0 radical (unpaired) electrons. The van der Waals surface area contributed by atoms with E-state index in [1.807, 2.05) is 5.38 Å². The second-order valence-corrected chi connectivity index (χ2v) is 5.60. The van der Waals surface area contributed by atoms with Gasteiger partial charge >= 0.3 is 12.0 Å². The van der Waals surface area contributed by atoms with Crippen LogP contribution >= 0.6 is 11.3 Å². The van der Waals surface area contributed by atoms with Crippen LogP contribution < -0.4 is 5.32 Å². The molecule has 2 N–H and O–H groups in total. The Hall–Kier alpha value is -1.56. The van der Waals surface area contributed by atoms with E-state index in [2.05, 4.69) is 11.4 Å². The van der Waals surface area contributed by atoms with Crippen LogP contribution in [0.25, 0.3) is 0 Å². The molecular weight excluding hydrogens is 264 g/mol. The Morgan fingerprint density at radius 3 is 3.05 bits per heavy atom. The number of hydrogen-bond donors (Lipinski definition) is 2. The zero-order valence-corrected chi connectivity index (χ0v) is 11.7. The number of likely N-dealkylation sites (N-methyl/N-ethyl adjacent to an activating group) is 1. The van der Waals surface area contributed by atoms with Gasteiger partial charge in [-0.05, 0) is 43.2 Å². The highest BCUT2D eigenvalue weighted by Gasteiger charge is 2.24. The number of aryl methyl sites for hydroxylation is 1. The van der Waals surface area contributed by atoms with Gasteiger partial charge in [0.2, 0.25) is 0 Å². The summed E-state index contributed by atoms with van der Waals surface area (Å²) in [7, 11) is 0. The van der Waals surface area contributed by atoms with Crippen molar-refractivity contribution in [3.05, 3.63) is 21.9 Å². The molecule has 1 atom stereocenters. The Bertz CT molecular complexity index is 472. The fourth-order valence-electron chi connectivity index (χ4n) is 2.37. The fourth-order valence-corrected chi connectivity index (χ4v) is 3.35. The molecule has 1 heterocycles. The molecule has 0 fully saturated rings. The number of hydrogen-bond acceptors (Lipinski definition) is 3. The third-order valence-corrected chi connectivity index (χ3v) is 4.34. The summed E-state index contributed by atoms with van der Waals surface area (Å²) in [5.74, 6) is -0.989. The molecule has 0 saturated carbocycles. The summed E-state index contributed by atoms with van der Waals surface area (Å²) < 4.78 is 0. The van der Waals surface area contributed by atoms with Crippen molar-refractivity contribution in [2.24, 2.45) is 0 Å². The van der Waals surface area contributed by atoms with E-state index in [4.69, 9.17) is 5.11 Å². The molecule has 19 heavy (non-hydrogen) atoms. The lowest BCUT2D eigenvalue weighted by atomic mass is 9.94. The molecule has 1 aromatic heterocycles. The van der Waals surface area contributed by atoms with Crippen molar-refractivity contribution in [3.8, 4) is 0 Å². The first-order valence-electron chi connectivity index (χ1n) is 6.45. The first kappa shape index (κ1) is 13.9. The van der Waals surface area contributed by atoms with Gasteiger partial charge in [-0.25, -0.2) is 4.79 Å². The van der Waals surface area contributed by atoms with Gasteiger partial charge in [-0.3, -0.25) is 4.79 Å². The number of carboxylic acids is 1. The molecule has 1 aliphatic rings. The monoisotopic (exact) mass is 282 g/mol. The van der Waals surface area contributed by atoms with Crippen molar-refractivity contribution < 1.29 is 14.7 Å². The van der Waals surface area contributed by atoms with Gasteiger partial charge in [-0.2, -0.15) is 0 Å². The molecule has 2 amide bonds. The van der Waals surface area contributed by atoms with Crippen LogP contribution in [0.2, 0.25) is 0 Å². The Morgan fingerprint density at radius 2 is 2.37 bits per heavy atom. The molecule has 1 unspecified atom stereocenters. The number of nitrogens with zero attached hydrogens (tertiary/aromatic N) is 1. The summed E-state index contributed by atoms with van der Waals surface area (Å²) in [6.45, 7) is 1.91. The van der Waals surface area contributed by atoms with Gasteiger partial charge in [0, 0.05) is 11.4 Å². The summed E-state index contributed by atoms with van der Waals surface area (Å²) in [5.41, 5.74) is 1.19. The van der Waals surface area contributed by atoms with Crippen LogP contribution in [0.5, 0.6) is 0 Å². The molecule has 0 saturated heterocycles. The minimum absolute atomic E-state index is 0.0188. The fraction of sp³-hybridized carbons (Fsp3) is 0.538. The predicted molar refractivity (Wildman–Crippen MR) is 73.4 cm³/mol. The van der Waals surface area contributed by atoms with Crippen molar-refractivity contribution in [1.29, 1.82) is 0 Å². The number of carboxylic acid groups (broad SMARTS) is 1. The predicted octanol–water partition coefficient (Wildman–Crippen LogP) is 2.24. The van der Waals surface area contributed by atoms with Gasteiger partial charge in [0.1, 0.15) is 6.54 Å². The number of carbonyl (C=O) groups is 2. The Morgan fingerprint density at radius 1 is 1.58 bits per heavy atom. The molecule has 6 heteroatoms. The number of urea groups is 1. The number of fused-ring (bicyclic) bond motifs is 1. The maximum Gasteiger partial charge on any atom is 0.323 e. The van der Waals surface area contributed by atoms with Crippen molar-refractivity contribution in [2.75, 3.05) is 13.1 Å². The lowest BCUT2D eigenvalue weighted by molar-refractivity contribution is -0.137. The molecule has 1 aromatic rings. The van der Waals surface area contributed by atoms with Crippen molar-refractivity contribution >= 4 is 23.3 Å². The van der Waals surface area contributed by atoms with Gasteiger partial charge in [-0.15, -0.1) is 11.3 Å². The van der Waals surface area contributed by atoms with Crippen molar-refractivity contribution in [3.63, 3.8) is 0 Å². The average molecular weight is 282 g/mol. The Labute approximate surface area is 116 Å². The van der Waals surface area contributed by atoms with Crippen molar-refractivity contribution in [1.82, 2.24) is 10.2 Å². The van der Waals surface area contributed by atoms with E-state index in [0.717, 1.165) is 19.3 Å². The van der Waals surface area contributed by atoms with Crippen LogP contribution in [0.1, 0.15) is 36.2 Å². The smallest absolute Gasteiger partial charge is 0.323 e. The molecule has 2 rings (SSSR count). The van der Waals surface area contributed by atoms with Crippen LogP contribution in [-0.2, 0) is 11.2 Å². The largest absolute Gasteiger partial charge is 0.480 e. The quantitative estimate of drug-likeness (QED) is 0.889. The molecule has 1 aliphatic carbocycles. The van der Waals surface area contributed by atoms with Gasteiger partial charge < -0.3 is 15.3 Å². The SMILES string of the molecule is CCN(CC(=O)O)C(=O)NC1CCCc2sccc21. The summed E-state index contributed by atoms with van der Waals surface area (Å²) in [6.07, 6.45) is 3.05. The summed E-state index contributed by atoms with van der Waals surface area (Å²) in [5, 5.41) is 13.8. The van der Waals surface area contributed by atoms with E-state index < -0.39 is 5.97 Å². The first-order valence-corrected chi connectivity index (χ1v) is 7.33. The maximum absolute atomic E-state index is 12.1. The van der Waals surface area contributed by atoms with Gasteiger partial charge in [0.25, 0.3) is 0 Å². The van der Waals surface area contributed by atoms with E-state index >= 15 is 0 Å². The third kappa shape index (κ3) is 3.26.